The molecule has 0 amide bonds. The Labute approximate surface area is 96.1 Å². The summed E-state index contributed by atoms with van der Waals surface area (Å²) in [7, 11) is 0. The van der Waals surface area contributed by atoms with Crippen molar-refractivity contribution in [1.82, 2.24) is 5.32 Å². The van der Waals surface area contributed by atoms with Crippen molar-refractivity contribution in [3.05, 3.63) is 35.4 Å². The molecule has 1 aliphatic carbocycles. The molecule has 0 radical (unpaired) electrons. The van der Waals surface area contributed by atoms with Gasteiger partial charge in [0.25, 0.3) is 0 Å². The van der Waals surface area contributed by atoms with Crippen LogP contribution in [0.4, 0.5) is 0 Å². The first-order valence-corrected chi connectivity index (χ1v) is 6.15. The lowest BCUT2D eigenvalue weighted by Crippen LogP contribution is -2.47. The van der Waals surface area contributed by atoms with Crippen molar-refractivity contribution in [3.8, 4) is 0 Å². The van der Waals surface area contributed by atoms with Crippen LogP contribution in [0.1, 0.15) is 30.4 Å². The molecule has 1 N–H and O–H groups in total. The predicted molar refractivity (Wildman–Crippen MR) is 63.6 cm³/mol. The number of ketones is 1. The molecule has 0 atom stereocenters. The molecule has 1 spiro atoms. The van der Waals surface area contributed by atoms with E-state index >= 15 is 0 Å². The fourth-order valence-corrected chi connectivity index (χ4v) is 3.24. The van der Waals surface area contributed by atoms with E-state index in [1.54, 1.807) is 0 Å². The van der Waals surface area contributed by atoms with Gasteiger partial charge >= 0.3 is 0 Å². The number of nitrogens with one attached hydrogen (secondary N) is 1. The van der Waals surface area contributed by atoms with E-state index in [0.717, 1.165) is 38.8 Å². The van der Waals surface area contributed by atoms with Crippen molar-refractivity contribution in [1.29, 1.82) is 0 Å². The summed E-state index contributed by atoms with van der Waals surface area (Å²) < 4.78 is 0. The Morgan fingerprint density at radius 1 is 1.06 bits per heavy atom. The highest BCUT2D eigenvalue weighted by Gasteiger charge is 2.43. The number of fused-ring (bicyclic) bond motifs is 2. The van der Waals surface area contributed by atoms with Crippen LogP contribution in [0.5, 0.6) is 0 Å². The van der Waals surface area contributed by atoms with E-state index in [9.17, 15) is 4.79 Å². The van der Waals surface area contributed by atoms with Crippen LogP contribution in [-0.4, -0.2) is 18.9 Å². The van der Waals surface area contributed by atoms with Gasteiger partial charge in [-0.3, -0.25) is 4.79 Å². The molecule has 1 fully saturated rings. The van der Waals surface area contributed by atoms with Crippen LogP contribution < -0.4 is 5.32 Å². The zero-order valence-electron chi connectivity index (χ0n) is 9.46. The number of carbonyl (C=O) groups is 1. The Hall–Kier alpha value is -1.15. The van der Waals surface area contributed by atoms with Crippen molar-refractivity contribution in [3.63, 3.8) is 0 Å². The average Bonchev–Trinajstić information content (AvgIpc) is 2.36. The zero-order valence-corrected chi connectivity index (χ0v) is 9.46. The summed E-state index contributed by atoms with van der Waals surface area (Å²) >= 11 is 0. The highest BCUT2D eigenvalue weighted by molar-refractivity contribution is 5.92. The van der Waals surface area contributed by atoms with Crippen LogP contribution in [0.15, 0.2) is 24.3 Å². The molecule has 2 nitrogen and oxygen atoms in total. The maximum Gasteiger partial charge on any atom is 0.143 e. The van der Waals surface area contributed by atoms with Gasteiger partial charge in [-0.25, -0.2) is 0 Å². The van der Waals surface area contributed by atoms with E-state index in [-0.39, 0.29) is 5.41 Å². The summed E-state index contributed by atoms with van der Waals surface area (Å²) in [6.07, 6.45) is 3.62. The maximum atomic E-state index is 12.3. The molecule has 84 valence electrons. The van der Waals surface area contributed by atoms with Gasteiger partial charge in [0.2, 0.25) is 0 Å². The van der Waals surface area contributed by atoms with Gasteiger partial charge in [0.15, 0.2) is 0 Å². The Balaban J connectivity index is 2.12. The van der Waals surface area contributed by atoms with Gasteiger partial charge in [-0.05, 0) is 43.5 Å². The minimum absolute atomic E-state index is 0.153. The van der Waals surface area contributed by atoms with Crippen LogP contribution in [0, 0.1) is 0 Å². The summed E-state index contributed by atoms with van der Waals surface area (Å²) in [6, 6.07) is 8.51. The minimum atomic E-state index is -0.153. The number of benzene rings is 1. The summed E-state index contributed by atoms with van der Waals surface area (Å²) in [5, 5.41) is 3.36. The smallest absolute Gasteiger partial charge is 0.143 e. The molecule has 0 unspecified atom stereocenters. The van der Waals surface area contributed by atoms with Crippen LogP contribution in [0.2, 0.25) is 0 Å². The molecule has 2 aliphatic rings. The SMILES string of the molecule is O=C1CCc2ccccc2C12CCNCC2. The highest BCUT2D eigenvalue weighted by atomic mass is 16.1. The monoisotopic (exact) mass is 215 g/mol. The molecule has 1 heterocycles. The van der Waals surface area contributed by atoms with Crippen LogP contribution >= 0.6 is 0 Å². The molecule has 2 heteroatoms. The molecule has 16 heavy (non-hydrogen) atoms. The third kappa shape index (κ3) is 1.33. The molecule has 1 aromatic rings. The summed E-state index contributed by atoms with van der Waals surface area (Å²) in [5.41, 5.74) is 2.55. The fraction of sp³-hybridized carbons (Fsp3) is 0.500. The first-order valence-electron chi connectivity index (χ1n) is 6.15. The molecular formula is C14H17NO. The molecular weight excluding hydrogens is 198 g/mol. The average molecular weight is 215 g/mol. The number of Topliss-reactive ketones (excluding diaryl/α,β-unsaturated/α-hetero) is 1. The number of rotatable bonds is 0. The fourth-order valence-electron chi connectivity index (χ4n) is 3.24. The lowest BCUT2D eigenvalue weighted by molar-refractivity contribution is -0.126. The van der Waals surface area contributed by atoms with Crippen molar-refractivity contribution in [2.24, 2.45) is 0 Å². The van der Waals surface area contributed by atoms with E-state index in [2.05, 4.69) is 29.6 Å². The Bertz CT molecular complexity index is 418. The topological polar surface area (TPSA) is 29.1 Å². The number of aryl methyl sites for hydroxylation is 1. The zero-order chi connectivity index (χ0) is 11.0. The number of carbonyl (C=O) groups excluding carboxylic acids is 1. The van der Waals surface area contributed by atoms with E-state index in [1.165, 1.54) is 11.1 Å². The first kappa shape index (κ1) is 10.0. The van der Waals surface area contributed by atoms with E-state index in [1.807, 2.05) is 0 Å². The predicted octanol–water partition coefficient (Wildman–Crippen LogP) is 1.82. The lowest BCUT2D eigenvalue weighted by Gasteiger charge is -2.40. The third-order valence-corrected chi connectivity index (χ3v) is 4.15. The molecule has 3 rings (SSSR count). The van der Waals surface area contributed by atoms with Gasteiger partial charge in [-0.2, -0.15) is 0 Å². The van der Waals surface area contributed by atoms with Crippen molar-refractivity contribution >= 4 is 5.78 Å². The van der Waals surface area contributed by atoms with Gasteiger partial charge in [-0.15, -0.1) is 0 Å². The molecule has 1 aromatic carbocycles. The number of piperidine rings is 1. The van der Waals surface area contributed by atoms with Crippen molar-refractivity contribution in [2.75, 3.05) is 13.1 Å². The quantitative estimate of drug-likeness (QED) is 0.715. The molecule has 1 aliphatic heterocycles. The summed E-state index contributed by atoms with van der Waals surface area (Å²) in [6.45, 7) is 1.94. The van der Waals surface area contributed by atoms with Crippen molar-refractivity contribution in [2.45, 2.75) is 31.1 Å². The third-order valence-electron chi connectivity index (χ3n) is 4.15. The number of hydrogen-bond donors (Lipinski definition) is 1. The van der Waals surface area contributed by atoms with Crippen LogP contribution in [0.25, 0.3) is 0 Å². The highest BCUT2D eigenvalue weighted by Crippen LogP contribution is 2.41. The Morgan fingerprint density at radius 3 is 2.62 bits per heavy atom. The van der Waals surface area contributed by atoms with E-state index in [0.29, 0.717) is 5.78 Å². The summed E-state index contributed by atoms with van der Waals surface area (Å²) in [5.74, 6) is 0.465. The van der Waals surface area contributed by atoms with Crippen molar-refractivity contribution < 1.29 is 4.79 Å². The Kier molecular flexibility index (Phi) is 2.32. The Morgan fingerprint density at radius 2 is 1.81 bits per heavy atom. The van der Waals surface area contributed by atoms with Gasteiger partial charge < -0.3 is 5.32 Å². The van der Waals surface area contributed by atoms with E-state index in [4.69, 9.17) is 0 Å². The second-order valence-corrected chi connectivity index (χ2v) is 4.91. The first-order chi connectivity index (χ1) is 7.83. The largest absolute Gasteiger partial charge is 0.317 e. The molecule has 0 bridgehead atoms. The second-order valence-electron chi connectivity index (χ2n) is 4.91. The van der Waals surface area contributed by atoms with Crippen LogP contribution in [-0.2, 0) is 16.6 Å². The van der Waals surface area contributed by atoms with E-state index < -0.39 is 0 Å². The lowest BCUT2D eigenvalue weighted by atomic mass is 9.64. The normalized spacial score (nSPS) is 23.1. The molecule has 1 saturated heterocycles. The van der Waals surface area contributed by atoms with Gasteiger partial charge in [0, 0.05) is 6.42 Å². The second kappa shape index (κ2) is 3.70. The van der Waals surface area contributed by atoms with Gasteiger partial charge in [-0.1, -0.05) is 24.3 Å². The summed E-state index contributed by atoms with van der Waals surface area (Å²) in [4.78, 5) is 12.3. The molecule has 0 saturated carbocycles. The number of hydrogen-bond acceptors (Lipinski definition) is 2. The standard InChI is InChI=1S/C14H17NO/c16-13-6-5-11-3-1-2-4-12(11)14(13)7-9-15-10-8-14/h1-4,15H,5-10H2. The maximum absolute atomic E-state index is 12.3. The van der Waals surface area contributed by atoms with Gasteiger partial charge in [0.1, 0.15) is 5.78 Å². The van der Waals surface area contributed by atoms with Crippen LogP contribution in [0.3, 0.4) is 0 Å². The minimum Gasteiger partial charge on any atom is -0.317 e. The van der Waals surface area contributed by atoms with Gasteiger partial charge in [0.05, 0.1) is 5.41 Å². The molecule has 0 aromatic heterocycles.